The molecule has 0 amide bonds. The Morgan fingerprint density at radius 2 is 2.00 bits per heavy atom. The molecule has 1 heterocycles. The number of hydrogen-bond donors (Lipinski definition) is 1. The lowest BCUT2D eigenvalue weighted by Gasteiger charge is -2.23. The van der Waals surface area contributed by atoms with E-state index in [9.17, 15) is 18.7 Å². The molecule has 0 aliphatic carbocycles. The largest absolute Gasteiger partial charge is 0.493 e. The summed E-state index contributed by atoms with van der Waals surface area (Å²) in [5.74, 6) is -4.17. The van der Waals surface area contributed by atoms with Crippen LogP contribution in [0.5, 0.6) is 5.75 Å². The second-order valence-corrected chi connectivity index (χ2v) is 5.97. The van der Waals surface area contributed by atoms with E-state index in [1.807, 2.05) is 20.8 Å². The minimum Gasteiger partial charge on any atom is -0.493 e. The van der Waals surface area contributed by atoms with Crippen molar-refractivity contribution >= 4 is 5.97 Å². The van der Waals surface area contributed by atoms with Gasteiger partial charge in [-0.05, 0) is 17.9 Å². The summed E-state index contributed by atoms with van der Waals surface area (Å²) in [5, 5.41) is 9.42. The maximum absolute atomic E-state index is 13.9. The van der Waals surface area contributed by atoms with E-state index in [0.29, 0.717) is 5.56 Å². The second kappa shape index (κ2) is 6.20. The maximum Gasteiger partial charge on any atom is 0.333 e. The van der Waals surface area contributed by atoms with Crippen LogP contribution in [0.3, 0.4) is 0 Å². The molecule has 2 rings (SSSR count). The van der Waals surface area contributed by atoms with Gasteiger partial charge in [0.1, 0.15) is 0 Å². The van der Waals surface area contributed by atoms with E-state index in [4.69, 9.17) is 9.47 Å². The molecule has 0 spiro atoms. The Hall–Kier alpha value is -1.69. The van der Waals surface area contributed by atoms with Gasteiger partial charge in [0.05, 0.1) is 13.2 Å². The third-order valence-corrected chi connectivity index (χ3v) is 4.26. The zero-order chi connectivity index (χ0) is 16.6. The molecule has 6 heteroatoms. The van der Waals surface area contributed by atoms with E-state index in [-0.39, 0.29) is 23.7 Å². The molecule has 1 aromatic rings. The summed E-state index contributed by atoms with van der Waals surface area (Å²) in [6.07, 6.45) is -1.38. The van der Waals surface area contributed by atoms with Crippen molar-refractivity contribution < 1.29 is 28.2 Å². The van der Waals surface area contributed by atoms with Gasteiger partial charge in [-0.3, -0.25) is 0 Å². The summed E-state index contributed by atoms with van der Waals surface area (Å²) in [4.78, 5) is 11.5. The van der Waals surface area contributed by atoms with Crippen LogP contribution in [0.1, 0.15) is 32.3 Å². The summed E-state index contributed by atoms with van der Waals surface area (Å²) in [6.45, 7) is 5.73. The highest BCUT2D eigenvalue weighted by molar-refractivity contribution is 5.75. The lowest BCUT2D eigenvalue weighted by molar-refractivity contribution is -0.151. The molecular formula is C16H20F2O4. The Morgan fingerprint density at radius 3 is 2.50 bits per heavy atom. The number of aliphatic carboxylic acids is 1. The number of carbonyl (C=O) groups is 1. The number of hydrogen-bond acceptors (Lipinski definition) is 3. The molecule has 1 saturated heterocycles. The van der Waals surface area contributed by atoms with Crippen LogP contribution in [0.2, 0.25) is 0 Å². The van der Waals surface area contributed by atoms with Crippen molar-refractivity contribution in [1.29, 1.82) is 0 Å². The van der Waals surface area contributed by atoms with E-state index in [1.54, 1.807) is 0 Å². The molecule has 22 heavy (non-hydrogen) atoms. The zero-order valence-electron chi connectivity index (χ0n) is 13.0. The Kier molecular flexibility index (Phi) is 4.70. The van der Waals surface area contributed by atoms with Crippen LogP contribution in [-0.2, 0) is 9.53 Å². The second-order valence-electron chi connectivity index (χ2n) is 5.97. The first-order chi connectivity index (χ1) is 10.3. The van der Waals surface area contributed by atoms with E-state index in [2.05, 4.69) is 0 Å². The molecule has 0 radical (unpaired) electrons. The molecule has 1 aliphatic rings. The lowest BCUT2D eigenvalue weighted by Crippen LogP contribution is -2.27. The van der Waals surface area contributed by atoms with Crippen molar-refractivity contribution in [2.75, 3.05) is 7.11 Å². The van der Waals surface area contributed by atoms with E-state index in [1.165, 1.54) is 13.2 Å². The normalized spacial score (nSPS) is 28.1. The summed E-state index contributed by atoms with van der Waals surface area (Å²) in [6, 6.07) is 2.36. The summed E-state index contributed by atoms with van der Waals surface area (Å²) < 4.78 is 38.0. The van der Waals surface area contributed by atoms with Gasteiger partial charge in [-0.25, -0.2) is 9.18 Å². The van der Waals surface area contributed by atoms with Crippen LogP contribution >= 0.6 is 0 Å². The van der Waals surface area contributed by atoms with Gasteiger partial charge in [-0.15, -0.1) is 0 Å². The lowest BCUT2D eigenvalue weighted by atomic mass is 9.80. The molecule has 122 valence electrons. The average molecular weight is 314 g/mol. The highest BCUT2D eigenvalue weighted by Gasteiger charge is 2.48. The number of ether oxygens (including phenoxy) is 2. The van der Waals surface area contributed by atoms with Crippen LogP contribution in [0.25, 0.3) is 0 Å². The topological polar surface area (TPSA) is 55.8 Å². The van der Waals surface area contributed by atoms with Crippen molar-refractivity contribution in [3.8, 4) is 5.75 Å². The van der Waals surface area contributed by atoms with E-state index in [0.717, 1.165) is 6.07 Å². The third kappa shape index (κ3) is 2.67. The SMILES string of the molecule is COc1c([C@@H]2[C@H](C)[C@H](C(C)C)O[C@@H]2C(=O)O)ccc(F)c1F. The smallest absolute Gasteiger partial charge is 0.333 e. The highest BCUT2D eigenvalue weighted by Crippen LogP contribution is 2.46. The average Bonchev–Trinajstić information content (AvgIpc) is 2.79. The number of carboxylic acids is 1. The molecule has 0 aromatic heterocycles. The number of rotatable bonds is 4. The molecule has 0 saturated carbocycles. The van der Waals surface area contributed by atoms with Crippen molar-refractivity contribution in [2.45, 2.75) is 38.9 Å². The van der Waals surface area contributed by atoms with Crippen LogP contribution in [0, 0.1) is 23.5 Å². The van der Waals surface area contributed by atoms with Gasteiger partial charge in [0, 0.05) is 11.5 Å². The fraction of sp³-hybridized carbons (Fsp3) is 0.562. The first-order valence-corrected chi connectivity index (χ1v) is 7.19. The first kappa shape index (κ1) is 16.7. The van der Waals surface area contributed by atoms with Crippen molar-refractivity contribution in [2.24, 2.45) is 11.8 Å². The number of carboxylic acid groups (broad SMARTS) is 1. The minimum atomic E-state index is -1.12. The molecule has 4 nitrogen and oxygen atoms in total. The molecular weight excluding hydrogens is 294 g/mol. The number of methoxy groups -OCH3 is 1. The predicted octanol–water partition coefficient (Wildman–Crippen LogP) is 3.20. The zero-order valence-corrected chi connectivity index (χ0v) is 13.0. The van der Waals surface area contributed by atoms with Gasteiger partial charge in [-0.1, -0.05) is 26.8 Å². The predicted molar refractivity (Wildman–Crippen MR) is 75.9 cm³/mol. The summed E-state index contributed by atoms with van der Waals surface area (Å²) in [7, 11) is 1.23. The van der Waals surface area contributed by atoms with Crippen molar-refractivity contribution in [3.05, 3.63) is 29.3 Å². The fourth-order valence-electron chi connectivity index (χ4n) is 3.30. The standard InChI is InChI=1S/C16H20F2O4/c1-7(2)13-8(3)11(15(22-13)16(19)20)9-5-6-10(17)12(18)14(9)21-4/h5-8,11,13,15H,1-4H3,(H,19,20)/t8-,11-,13-,15-/m0/s1. The first-order valence-electron chi connectivity index (χ1n) is 7.19. The Morgan fingerprint density at radius 1 is 1.36 bits per heavy atom. The monoisotopic (exact) mass is 314 g/mol. The summed E-state index contributed by atoms with van der Waals surface area (Å²) in [5.41, 5.74) is 0.324. The molecule has 0 unspecified atom stereocenters. The highest BCUT2D eigenvalue weighted by atomic mass is 19.2. The van der Waals surface area contributed by atoms with Crippen molar-refractivity contribution in [3.63, 3.8) is 0 Å². The molecule has 0 bridgehead atoms. The molecule has 1 aliphatic heterocycles. The third-order valence-electron chi connectivity index (χ3n) is 4.26. The van der Waals surface area contributed by atoms with Gasteiger partial charge in [0.25, 0.3) is 0 Å². The Labute approximate surface area is 128 Å². The quantitative estimate of drug-likeness (QED) is 0.927. The number of benzene rings is 1. The van der Waals surface area contributed by atoms with E-state index >= 15 is 0 Å². The summed E-state index contributed by atoms with van der Waals surface area (Å²) >= 11 is 0. The van der Waals surface area contributed by atoms with E-state index < -0.39 is 29.6 Å². The molecule has 4 atom stereocenters. The van der Waals surface area contributed by atoms with Gasteiger partial charge >= 0.3 is 5.97 Å². The van der Waals surface area contributed by atoms with Gasteiger partial charge in [-0.2, -0.15) is 4.39 Å². The van der Waals surface area contributed by atoms with Gasteiger partial charge in [0.2, 0.25) is 5.82 Å². The molecule has 1 fully saturated rings. The number of halogens is 2. The minimum absolute atomic E-state index is 0.109. The van der Waals surface area contributed by atoms with Gasteiger partial charge < -0.3 is 14.6 Å². The van der Waals surface area contributed by atoms with Crippen LogP contribution < -0.4 is 4.74 Å². The molecule has 1 aromatic carbocycles. The fourth-order valence-corrected chi connectivity index (χ4v) is 3.30. The Bertz CT molecular complexity index is 574. The van der Waals surface area contributed by atoms with Crippen LogP contribution in [0.4, 0.5) is 8.78 Å². The van der Waals surface area contributed by atoms with Crippen LogP contribution in [-0.4, -0.2) is 30.4 Å². The van der Waals surface area contributed by atoms with Crippen LogP contribution in [0.15, 0.2) is 12.1 Å². The van der Waals surface area contributed by atoms with Crippen molar-refractivity contribution in [1.82, 2.24) is 0 Å². The molecule has 1 N–H and O–H groups in total. The maximum atomic E-state index is 13.9. The Balaban J connectivity index is 2.53. The van der Waals surface area contributed by atoms with Gasteiger partial charge in [0.15, 0.2) is 17.7 Å².